The summed E-state index contributed by atoms with van der Waals surface area (Å²) in [4.78, 5) is 17.8. The van der Waals surface area contributed by atoms with Crippen LogP contribution < -0.4 is 4.90 Å². The van der Waals surface area contributed by atoms with E-state index in [2.05, 4.69) is 54.3 Å². The maximum atomic E-state index is 13.4. The van der Waals surface area contributed by atoms with Gasteiger partial charge in [-0.15, -0.1) is 0 Å². The van der Waals surface area contributed by atoms with Gasteiger partial charge in [0.25, 0.3) is 5.91 Å². The summed E-state index contributed by atoms with van der Waals surface area (Å²) in [5, 5.41) is 9.13. The van der Waals surface area contributed by atoms with Crippen LogP contribution in [0, 0.1) is 18.3 Å². The van der Waals surface area contributed by atoms with Gasteiger partial charge in [0.15, 0.2) is 0 Å². The van der Waals surface area contributed by atoms with Crippen LogP contribution >= 0.6 is 0 Å². The zero-order valence-electron chi connectivity index (χ0n) is 19.0. The van der Waals surface area contributed by atoms with Crippen LogP contribution in [0.3, 0.4) is 0 Å². The molecule has 0 N–H and O–H groups in total. The molecule has 1 saturated heterocycles. The number of aryl methyl sites for hydroxylation is 1. The Labute approximate surface area is 196 Å². The van der Waals surface area contributed by atoms with E-state index in [-0.39, 0.29) is 11.9 Å². The van der Waals surface area contributed by atoms with Gasteiger partial charge >= 0.3 is 0 Å². The predicted octanol–water partition coefficient (Wildman–Crippen LogP) is 5.58. The molecular formula is C29H29N3O. The Morgan fingerprint density at radius 2 is 1.76 bits per heavy atom. The van der Waals surface area contributed by atoms with Crippen molar-refractivity contribution in [3.63, 3.8) is 0 Å². The molecule has 0 aromatic heterocycles. The van der Waals surface area contributed by atoms with Crippen molar-refractivity contribution < 1.29 is 4.79 Å². The highest BCUT2D eigenvalue weighted by Gasteiger charge is 2.28. The Morgan fingerprint density at radius 1 is 1.03 bits per heavy atom. The fraction of sp³-hybridized carbons (Fsp3) is 0.241. The number of piperidine rings is 1. The second kappa shape index (κ2) is 10.8. The maximum Gasteiger partial charge on any atom is 0.251 e. The predicted molar refractivity (Wildman–Crippen MR) is 134 cm³/mol. The SMILES string of the molecule is Cc1ccc(N(C(=O)C=Cc2cccc(C#N)c2)C2CCN(Cc3ccccc3)CC2)cc1. The lowest BCUT2D eigenvalue weighted by Gasteiger charge is -2.38. The van der Waals surface area contributed by atoms with Crippen molar-refractivity contribution >= 4 is 17.7 Å². The lowest BCUT2D eigenvalue weighted by molar-refractivity contribution is -0.114. The quantitative estimate of drug-likeness (QED) is 0.475. The van der Waals surface area contributed by atoms with Crippen LogP contribution in [0.25, 0.3) is 6.08 Å². The van der Waals surface area contributed by atoms with Crippen molar-refractivity contribution in [2.24, 2.45) is 0 Å². The highest BCUT2D eigenvalue weighted by atomic mass is 16.2. The first-order valence-corrected chi connectivity index (χ1v) is 11.5. The minimum Gasteiger partial charge on any atom is -0.306 e. The molecule has 33 heavy (non-hydrogen) atoms. The van der Waals surface area contributed by atoms with E-state index < -0.39 is 0 Å². The summed E-state index contributed by atoms with van der Waals surface area (Å²) in [7, 11) is 0. The number of carbonyl (C=O) groups excluding carboxylic acids is 1. The number of hydrogen-bond donors (Lipinski definition) is 0. The largest absolute Gasteiger partial charge is 0.306 e. The molecule has 0 unspecified atom stereocenters. The van der Waals surface area contributed by atoms with Gasteiger partial charge in [0.2, 0.25) is 0 Å². The highest BCUT2D eigenvalue weighted by Crippen LogP contribution is 2.26. The van der Waals surface area contributed by atoms with E-state index in [9.17, 15) is 4.79 Å². The number of carbonyl (C=O) groups is 1. The normalized spacial score (nSPS) is 14.8. The Morgan fingerprint density at radius 3 is 2.45 bits per heavy atom. The summed E-state index contributed by atoms with van der Waals surface area (Å²) >= 11 is 0. The molecule has 1 fully saturated rings. The van der Waals surface area contributed by atoms with Crippen LogP contribution in [-0.2, 0) is 11.3 Å². The van der Waals surface area contributed by atoms with Gasteiger partial charge in [0.05, 0.1) is 11.6 Å². The van der Waals surface area contributed by atoms with Gasteiger partial charge in [-0.25, -0.2) is 0 Å². The van der Waals surface area contributed by atoms with Crippen LogP contribution in [0.15, 0.2) is 84.9 Å². The van der Waals surface area contributed by atoms with E-state index in [0.717, 1.165) is 43.7 Å². The molecule has 1 aliphatic rings. The van der Waals surface area contributed by atoms with Crippen molar-refractivity contribution in [2.75, 3.05) is 18.0 Å². The first kappa shape index (κ1) is 22.5. The van der Waals surface area contributed by atoms with Gasteiger partial charge < -0.3 is 4.90 Å². The van der Waals surface area contributed by atoms with E-state index in [4.69, 9.17) is 5.26 Å². The fourth-order valence-corrected chi connectivity index (χ4v) is 4.36. The molecule has 3 aromatic rings. The minimum atomic E-state index is -0.0253. The molecule has 4 heteroatoms. The number of rotatable bonds is 6. The molecule has 1 amide bonds. The molecule has 1 aliphatic heterocycles. The van der Waals surface area contributed by atoms with Crippen LogP contribution in [-0.4, -0.2) is 29.9 Å². The minimum absolute atomic E-state index is 0.0253. The molecule has 3 aromatic carbocycles. The molecule has 0 aliphatic carbocycles. The van der Waals surface area contributed by atoms with Crippen LogP contribution in [0.4, 0.5) is 5.69 Å². The molecule has 0 saturated carbocycles. The summed E-state index contributed by atoms with van der Waals surface area (Å²) in [6, 6.07) is 28.3. The summed E-state index contributed by atoms with van der Waals surface area (Å²) in [5.74, 6) is -0.0253. The van der Waals surface area contributed by atoms with Gasteiger partial charge in [0.1, 0.15) is 0 Å². The average Bonchev–Trinajstić information content (AvgIpc) is 2.86. The second-order valence-electron chi connectivity index (χ2n) is 8.61. The fourth-order valence-electron chi connectivity index (χ4n) is 4.36. The second-order valence-corrected chi connectivity index (χ2v) is 8.61. The number of benzene rings is 3. The molecule has 0 atom stereocenters. The van der Waals surface area contributed by atoms with E-state index >= 15 is 0 Å². The van der Waals surface area contributed by atoms with Crippen molar-refractivity contribution in [2.45, 2.75) is 32.4 Å². The standard InChI is InChI=1S/C29H29N3O/c1-23-10-13-27(14-11-23)32(29(33)15-12-24-8-5-9-26(20-24)21-30)28-16-18-31(19-17-28)22-25-6-3-2-4-7-25/h2-15,20,28H,16-19,22H2,1H3. The van der Waals surface area contributed by atoms with Crippen LogP contribution in [0.1, 0.15) is 35.1 Å². The summed E-state index contributed by atoms with van der Waals surface area (Å²) < 4.78 is 0. The Balaban J connectivity index is 1.49. The Hall–Kier alpha value is -3.68. The number of nitrogens with zero attached hydrogens (tertiary/aromatic N) is 3. The van der Waals surface area contributed by atoms with E-state index in [0.29, 0.717) is 5.56 Å². The smallest absolute Gasteiger partial charge is 0.251 e. The lowest BCUT2D eigenvalue weighted by atomic mass is 10.0. The van der Waals surface area contributed by atoms with E-state index in [1.165, 1.54) is 11.1 Å². The van der Waals surface area contributed by atoms with Crippen molar-refractivity contribution in [1.82, 2.24) is 4.90 Å². The third-order valence-electron chi connectivity index (χ3n) is 6.15. The topological polar surface area (TPSA) is 47.3 Å². The molecule has 1 heterocycles. The maximum absolute atomic E-state index is 13.4. The monoisotopic (exact) mass is 435 g/mol. The van der Waals surface area contributed by atoms with E-state index in [1.807, 2.05) is 35.2 Å². The van der Waals surface area contributed by atoms with Gasteiger partial charge in [-0.1, -0.05) is 60.2 Å². The summed E-state index contributed by atoms with van der Waals surface area (Å²) in [6.45, 7) is 4.92. The number of likely N-dealkylation sites (tertiary alicyclic amines) is 1. The molecule has 0 spiro atoms. The molecule has 4 rings (SSSR count). The highest BCUT2D eigenvalue weighted by molar-refractivity contribution is 6.04. The van der Waals surface area contributed by atoms with Crippen molar-refractivity contribution in [3.8, 4) is 6.07 Å². The molecule has 166 valence electrons. The summed E-state index contributed by atoms with van der Waals surface area (Å²) in [6.07, 6.45) is 5.30. The average molecular weight is 436 g/mol. The first-order valence-electron chi connectivity index (χ1n) is 11.5. The zero-order chi connectivity index (χ0) is 23.0. The van der Waals surface area contributed by atoms with Crippen molar-refractivity contribution in [3.05, 3.63) is 107 Å². The first-order chi connectivity index (χ1) is 16.1. The molecule has 0 bridgehead atoms. The van der Waals surface area contributed by atoms with Crippen LogP contribution in [0.5, 0.6) is 0 Å². The Kier molecular flexibility index (Phi) is 7.34. The lowest BCUT2D eigenvalue weighted by Crippen LogP contribution is -2.47. The molecular weight excluding hydrogens is 406 g/mol. The number of hydrogen-bond acceptors (Lipinski definition) is 3. The number of amides is 1. The third-order valence-corrected chi connectivity index (χ3v) is 6.15. The number of anilines is 1. The van der Waals surface area contributed by atoms with Crippen molar-refractivity contribution in [1.29, 1.82) is 5.26 Å². The zero-order valence-corrected chi connectivity index (χ0v) is 19.0. The Bertz CT molecular complexity index is 1140. The van der Waals surface area contributed by atoms with Crippen LogP contribution in [0.2, 0.25) is 0 Å². The van der Waals surface area contributed by atoms with E-state index in [1.54, 1.807) is 24.3 Å². The van der Waals surface area contributed by atoms with Gasteiger partial charge in [0, 0.05) is 37.4 Å². The van der Waals surface area contributed by atoms with Gasteiger partial charge in [-0.05, 0) is 61.2 Å². The van der Waals surface area contributed by atoms with Gasteiger partial charge in [-0.2, -0.15) is 5.26 Å². The number of nitriles is 1. The third kappa shape index (κ3) is 5.97. The van der Waals surface area contributed by atoms with Gasteiger partial charge in [-0.3, -0.25) is 9.69 Å². The molecule has 4 nitrogen and oxygen atoms in total. The molecule has 0 radical (unpaired) electrons. The summed E-state index contributed by atoms with van der Waals surface area (Å²) in [5.41, 5.74) is 4.87.